The SMILES string of the molecule is CCCC(c1cc(C)c(O)cc1C)(c1cc(C)c(O)cc1C)C(c1cc(C)c(O)cc1C)c1cc(C)c(O)cc1C. The van der Waals surface area contributed by atoms with Gasteiger partial charge < -0.3 is 20.4 Å². The smallest absolute Gasteiger partial charge is 0.118 e. The van der Waals surface area contributed by atoms with Gasteiger partial charge in [0.25, 0.3) is 0 Å². The second-order valence-corrected chi connectivity index (χ2v) is 12.1. The fraction of sp³-hybridized carbons (Fsp3) is 0.351. The lowest BCUT2D eigenvalue weighted by molar-refractivity contribution is 0.402. The van der Waals surface area contributed by atoms with Gasteiger partial charge in [-0.25, -0.2) is 0 Å². The van der Waals surface area contributed by atoms with E-state index in [1.807, 2.05) is 65.8 Å². The molecule has 0 saturated carbocycles. The van der Waals surface area contributed by atoms with Gasteiger partial charge in [0.1, 0.15) is 23.0 Å². The van der Waals surface area contributed by atoms with E-state index in [0.717, 1.165) is 79.6 Å². The predicted octanol–water partition coefficient (Wildman–Crippen LogP) is 8.89. The topological polar surface area (TPSA) is 80.9 Å². The Labute approximate surface area is 245 Å². The quantitative estimate of drug-likeness (QED) is 0.185. The van der Waals surface area contributed by atoms with E-state index < -0.39 is 5.41 Å². The van der Waals surface area contributed by atoms with Crippen LogP contribution in [0.3, 0.4) is 0 Å². The Hall–Kier alpha value is -3.92. The molecule has 4 nitrogen and oxygen atoms in total. The molecule has 0 aliphatic heterocycles. The third-order valence-corrected chi connectivity index (χ3v) is 8.98. The van der Waals surface area contributed by atoms with Crippen molar-refractivity contribution in [3.8, 4) is 23.0 Å². The number of phenols is 4. The summed E-state index contributed by atoms with van der Waals surface area (Å²) in [6, 6.07) is 15.9. The van der Waals surface area contributed by atoms with Gasteiger partial charge in [0.05, 0.1) is 0 Å². The van der Waals surface area contributed by atoms with Crippen molar-refractivity contribution in [2.45, 2.75) is 86.5 Å². The monoisotopic (exact) mass is 552 g/mol. The minimum Gasteiger partial charge on any atom is -0.508 e. The molecule has 0 amide bonds. The van der Waals surface area contributed by atoms with Crippen molar-refractivity contribution in [3.63, 3.8) is 0 Å². The summed E-state index contributed by atoms with van der Waals surface area (Å²) >= 11 is 0. The van der Waals surface area contributed by atoms with Gasteiger partial charge >= 0.3 is 0 Å². The van der Waals surface area contributed by atoms with E-state index >= 15 is 0 Å². The predicted molar refractivity (Wildman–Crippen MR) is 168 cm³/mol. The molecular formula is C37H44O4. The highest BCUT2D eigenvalue weighted by atomic mass is 16.3. The molecule has 0 radical (unpaired) electrons. The van der Waals surface area contributed by atoms with Gasteiger partial charge in [-0.1, -0.05) is 37.6 Å². The van der Waals surface area contributed by atoms with Crippen molar-refractivity contribution in [1.82, 2.24) is 0 Å². The molecule has 41 heavy (non-hydrogen) atoms. The summed E-state index contributed by atoms with van der Waals surface area (Å²) in [6.45, 7) is 18.1. The molecule has 0 bridgehead atoms. The van der Waals surface area contributed by atoms with Crippen molar-refractivity contribution < 1.29 is 20.4 Å². The van der Waals surface area contributed by atoms with Crippen molar-refractivity contribution >= 4 is 0 Å². The average molecular weight is 553 g/mol. The summed E-state index contributed by atoms with van der Waals surface area (Å²) in [5, 5.41) is 42.8. The Morgan fingerprint density at radius 2 is 0.780 bits per heavy atom. The summed E-state index contributed by atoms with van der Waals surface area (Å²) < 4.78 is 0. The third kappa shape index (κ3) is 5.16. The summed E-state index contributed by atoms with van der Waals surface area (Å²) in [5.74, 6) is 0.836. The lowest BCUT2D eigenvalue weighted by atomic mass is 9.56. The minimum absolute atomic E-state index is 0.216. The number of phenolic OH excluding ortho intramolecular Hbond substituents is 4. The van der Waals surface area contributed by atoms with Gasteiger partial charge in [-0.3, -0.25) is 0 Å². The number of benzene rings is 4. The average Bonchev–Trinajstić information content (AvgIpc) is 2.89. The van der Waals surface area contributed by atoms with Gasteiger partial charge in [0.2, 0.25) is 0 Å². The molecular weight excluding hydrogens is 508 g/mol. The number of rotatable bonds is 7. The van der Waals surface area contributed by atoms with Crippen LogP contribution in [0.5, 0.6) is 23.0 Å². The van der Waals surface area contributed by atoms with Crippen molar-refractivity contribution in [1.29, 1.82) is 0 Å². The molecule has 0 atom stereocenters. The molecule has 0 aliphatic rings. The fourth-order valence-corrected chi connectivity index (χ4v) is 6.79. The summed E-state index contributed by atoms with van der Waals surface area (Å²) in [4.78, 5) is 0. The zero-order valence-corrected chi connectivity index (χ0v) is 25.9. The Balaban J connectivity index is 2.33. The first-order valence-corrected chi connectivity index (χ1v) is 14.4. The maximum Gasteiger partial charge on any atom is 0.118 e. The second kappa shape index (κ2) is 11.2. The lowest BCUT2D eigenvalue weighted by Gasteiger charge is -2.46. The van der Waals surface area contributed by atoms with Gasteiger partial charge in [-0.2, -0.15) is 0 Å². The highest BCUT2D eigenvalue weighted by Gasteiger charge is 2.46. The Morgan fingerprint density at radius 1 is 0.463 bits per heavy atom. The van der Waals surface area contributed by atoms with Crippen LogP contribution in [-0.2, 0) is 5.41 Å². The maximum absolute atomic E-state index is 10.7. The highest BCUT2D eigenvalue weighted by Crippen LogP contribution is 2.56. The molecule has 4 aromatic carbocycles. The number of hydrogen-bond donors (Lipinski definition) is 4. The van der Waals surface area contributed by atoms with Gasteiger partial charge in [0, 0.05) is 11.3 Å². The molecule has 4 N–H and O–H groups in total. The van der Waals surface area contributed by atoms with E-state index in [0.29, 0.717) is 0 Å². The van der Waals surface area contributed by atoms with Crippen molar-refractivity contribution in [2.75, 3.05) is 0 Å². The van der Waals surface area contributed by atoms with Crippen LogP contribution in [0.15, 0.2) is 48.5 Å². The molecule has 4 rings (SSSR count). The van der Waals surface area contributed by atoms with Crippen LogP contribution >= 0.6 is 0 Å². The molecule has 4 heteroatoms. The fourth-order valence-electron chi connectivity index (χ4n) is 6.79. The van der Waals surface area contributed by atoms with Crippen LogP contribution in [-0.4, -0.2) is 20.4 Å². The van der Waals surface area contributed by atoms with Crippen LogP contribution in [0.1, 0.15) is 92.4 Å². The first-order chi connectivity index (χ1) is 19.2. The van der Waals surface area contributed by atoms with Crippen molar-refractivity contribution in [2.24, 2.45) is 0 Å². The first kappa shape index (κ1) is 30.0. The first-order valence-electron chi connectivity index (χ1n) is 14.4. The normalized spacial score (nSPS) is 11.9. The molecule has 216 valence electrons. The van der Waals surface area contributed by atoms with Gasteiger partial charge in [-0.05, 0) is 153 Å². The standard InChI is InChI=1S/C37H44O4/c1-10-11-37(30-14-26(8)34(40)18-22(30)4,31-15-27(9)35(41)19-23(31)5)36(28-12-24(6)32(38)16-20(28)2)29-13-25(7)33(39)17-21(29)3/h12-19,36,38-41H,10-11H2,1-9H3. The summed E-state index contributed by atoms with van der Waals surface area (Å²) in [5.41, 5.74) is 10.9. The summed E-state index contributed by atoms with van der Waals surface area (Å²) in [7, 11) is 0. The van der Waals surface area contributed by atoms with E-state index in [1.165, 1.54) is 0 Å². The highest BCUT2D eigenvalue weighted by molar-refractivity contribution is 5.61. The molecule has 0 aliphatic carbocycles. The third-order valence-electron chi connectivity index (χ3n) is 8.98. The molecule has 0 heterocycles. The largest absolute Gasteiger partial charge is 0.508 e. The molecule has 0 aromatic heterocycles. The van der Waals surface area contributed by atoms with Gasteiger partial charge in [0.15, 0.2) is 0 Å². The molecule has 4 aromatic rings. The molecule has 0 spiro atoms. The minimum atomic E-state index is -0.623. The van der Waals surface area contributed by atoms with Crippen LogP contribution in [0.4, 0.5) is 0 Å². The van der Waals surface area contributed by atoms with Crippen LogP contribution in [0.2, 0.25) is 0 Å². The second-order valence-electron chi connectivity index (χ2n) is 12.1. The van der Waals surface area contributed by atoms with E-state index in [-0.39, 0.29) is 28.9 Å². The van der Waals surface area contributed by atoms with E-state index in [9.17, 15) is 20.4 Å². The lowest BCUT2D eigenvalue weighted by Crippen LogP contribution is -2.38. The maximum atomic E-state index is 10.7. The Morgan fingerprint density at radius 3 is 1.12 bits per heavy atom. The molecule has 0 fully saturated rings. The zero-order valence-electron chi connectivity index (χ0n) is 25.9. The molecule has 0 saturated heterocycles. The zero-order chi connectivity index (χ0) is 30.4. The van der Waals surface area contributed by atoms with Crippen molar-refractivity contribution in [3.05, 3.63) is 115 Å². The van der Waals surface area contributed by atoms with Crippen LogP contribution in [0, 0.1) is 55.4 Å². The number of hydrogen-bond acceptors (Lipinski definition) is 4. The van der Waals surface area contributed by atoms with Crippen LogP contribution in [0.25, 0.3) is 0 Å². The number of aryl methyl sites for hydroxylation is 8. The van der Waals surface area contributed by atoms with E-state index in [2.05, 4.69) is 45.0 Å². The summed E-state index contributed by atoms with van der Waals surface area (Å²) in [6.07, 6.45) is 1.66. The van der Waals surface area contributed by atoms with Crippen LogP contribution < -0.4 is 0 Å². The van der Waals surface area contributed by atoms with E-state index in [1.54, 1.807) is 0 Å². The Kier molecular flexibility index (Phi) is 8.18. The number of aromatic hydroxyl groups is 4. The Bertz CT molecular complexity index is 1510. The van der Waals surface area contributed by atoms with E-state index in [4.69, 9.17) is 0 Å². The molecule has 0 unspecified atom stereocenters. The van der Waals surface area contributed by atoms with Gasteiger partial charge in [-0.15, -0.1) is 0 Å².